The molecule has 0 aliphatic heterocycles. The number of imidazole rings is 1. The number of fused-ring (bicyclic) bond motifs is 1. The molecule has 2 aromatic carbocycles. The molecule has 0 bridgehead atoms. The molecule has 3 aromatic rings. The van der Waals surface area contributed by atoms with E-state index in [9.17, 15) is 8.78 Å². The van der Waals surface area contributed by atoms with Crippen molar-refractivity contribution in [2.45, 2.75) is 0 Å². The number of anilines is 1. The standard InChI is InChI=1S/C13H7BrClF2N3/c14-9-4-12-11(5-10(9)17)19-13(18)20(12)8-2-6(15)1-7(16)3-8/h1-5H,(H2,18,19). The molecule has 7 heteroatoms. The van der Waals surface area contributed by atoms with Crippen molar-refractivity contribution in [1.82, 2.24) is 9.55 Å². The van der Waals surface area contributed by atoms with Crippen LogP contribution in [0.4, 0.5) is 14.7 Å². The minimum Gasteiger partial charge on any atom is -0.369 e. The third-order valence-corrected chi connectivity index (χ3v) is 3.65. The van der Waals surface area contributed by atoms with Crippen LogP contribution < -0.4 is 5.73 Å². The van der Waals surface area contributed by atoms with E-state index in [-0.39, 0.29) is 15.4 Å². The van der Waals surface area contributed by atoms with Crippen LogP contribution in [0.1, 0.15) is 0 Å². The summed E-state index contributed by atoms with van der Waals surface area (Å²) < 4.78 is 28.7. The van der Waals surface area contributed by atoms with Gasteiger partial charge in [-0.1, -0.05) is 11.6 Å². The third kappa shape index (κ3) is 2.14. The molecule has 1 aromatic heterocycles. The quantitative estimate of drug-likeness (QED) is 0.705. The molecule has 0 aliphatic rings. The van der Waals surface area contributed by atoms with Gasteiger partial charge in [0, 0.05) is 11.1 Å². The Morgan fingerprint density at radius 2 is 1.90 bits per heavy atom. The van der Waals surface area contributed by atoms with Gasteiger partial charge in [-0.2, -0.15) is 0 Å². The Labute approximate surface area is 126 Å². The predicted molar refractivity (Wildman–Crippen MR) is 78.1 cm³/mol. The average molecular weight is 359 g/mol. The third-order valence-electron chi connectivity index (χ3n) is 2.83. The Morgan fingerprint density at radius 3 is 2.60 bits per heavy atom. The zero-order chi connectivity index (χ0) is 14.4. The molecule has 0 amide bonds. The van der Waals surface area contributed by atoms with Crippen molar-refractivity contribution in [2.24, 2.45) is 0 Å². The molecule has 0 atom stereocenters. The van der Waals surface area contributed by atoms with Crippen LogP contribution in [-0.4, -0.2) is 9.55 Å². The fourth-order valence-electron chi connectivity index (χ4n) is 2.03. The maximum absolute atomic E-state index is 13.5. The van der Waals surface area contributed by atoms with Crippen LogP contribution in [0.5, 0.6) is 0 Å². The van der Waals surface area contributed by atoms with Crippen molar-refractivity contribution in [3.05, 3.63) is 51.5 Å². The van der Waals surface area contributed by atoms with Crippen LogP contribution in [-0.2, 0) is 0 Å². The lowest BCUT2D eigenvalue weighted by molar-refractivity contribution is 0.622. The highest BCUT2D eigenvalue weighted by atomic mass is 79.9. The van der Waals surface area contributed by atoms with Gasteiger partial charge in [0.15, 0.2) is 0 Å². The molecule has 2 N–H and O–H groups in total. The van der Waals surface area contributed by atoms with Crippen molar-refractivity contribution in [3.63, 3.8) is 0 Å². The van der Waals surface area contributed by atoms with Crippen molar-refractivity contribution >= 4 is 44.5 Å². The smallest absolute Gasteiger partial charge is 0.205 e. The number of benzene rings is 2. The van der Waals surface area contributed by atoms with Crippen LogP contribution in [0.15, 0.2) is 34.8 Å². The molecule has 3 rings (SSSR count). The second-order valence-corrected chi connectivity index (χ2v) is 5.48. The number of hydrogen-bond donors (Lipinski definition) is 1. The minimum atomic E-state index is -0.491. The largest absolute Gasteiger partial charge is 0.369 e. The highest BCUT2D eigenvalue weighted by Gasteiger charge is 2.14. The van der Waals surface area contributed by atoms with Crippen LogP contribution in [0.3, 0.4) is 0 Å². The topological polar surface area (TPSA) is 43.8 Å². The first-order valence-corrected chi connectivity index (χ1v) is 6.72. The van der Waals surface area contributed by atoms with E-state index in [4.69, 9.17) is 17.3 Å². The van der Waals surface area contributed by atoms with Gasteiger partial charge in [-0.05, 0) is 40.2 Å². The van der Waals surface area contributed by atoms with Gasteiger partial charge in [0.2, 0.25) is 5.95 Å². The highest BCUT2D eigenvalue weighted by Crippen LogP contribution is 2.29. The van der Waals surface area contributed by atoms with Gasteiger partial charge >= 0.3 is 0 Å². The van der Waals surface area contributed by atoms with Crippen LogP contribution in [0, 0.1) is 11.6 Å². The molecule has 0 saturated carbocycles. The van der Waals surface area contributed by atoms with E-state index >= 15 is 0 Å². The summed E-state index contributed by atoms with van der Waals surface area (Å²) in [5.41, 5.74) is 7.19. The van der Waals surface area contributed by atoms with E-state index in [1.165, 1.54) is 28.8 Å². The summed E-state index contributed by atoms with van der Waals surface area (Å²) in [6.45, 7) is 0. The second-order valence-electron chi connectivity index (χ2n) is 4.19. The van der Waals surface area contributed by atoms with Crippen molar-refractivity contribution < 1.29 is 8.78 Å². The van der Waals surface area contributed by atoms with Gasteiger partial charge in [0.1, 0.15) is 11.6 Å². The van der Waals surface area contributed by atoms with Crippen LogP contribution in [0.2, 0.25) is 5.02 Å². The summed E-state index contributed by atoms with van der Waals surface area (Å²) in [4.78, 5) is 4.07. The Bertz CT molecular complexity index is 812. The van der Waals surface area contributed by atoms with E-state index in [2.05, 4.69) is 20.9 Å². The first-order valence-electron chi connectivity index (χ1n) is 5.55. The average Bonchev–Trinajstić information content (AvgIpc) is 2.64. The van der Waals surface area contributed by atoms with Crippen molar-refractivity contribution in [2.75, 3.05) is 5.73 Å². The lowest BCUT2D eigenvalue weighted by Gasteiger charge is -2.07. The Balaban J connectivity index is 2.35. The molecule has 0 fully saturated rings. The number of nitrogen functional groups attached to an aromatic ring is 1. The molecule has 0 saturated heterocycles. The first kappa shape index (κ1) is 13.3. The molecule has 0 unspecified atom stereocenters. The first-order chi connectivity index (χ1) is 9.45. The maximum Gasteiger partial charge on any atom is 0.205 e. The number of aromatic nitrogens is 2. The summed E-state index contributed by atoms with van der Waals surface area (Å²) in [7, 11) is 0. The maximum atomic E-state index is 13.5. The van der Waals surface area contributed by atoms with Gasteiger partial charge in [-0.25, -0.2) is 13.8 Å². The Morgan fingerprint density at radius 1 is 1.15 bits per heavy atom. The van der Waals surface area contributed by atoms with E-state index < -0.39 is 11.6 Å². The summed E-state index contributed by atoms with van der Waals surface area (Å²) in [5, 5.41) is 0.238. The molecular formula is C13H7BrClF2N3. The molecule has 0 spiro atoms. The lowest BCUT2D eigenvalue weighted by atomic mass is 10.2. The SMILES string of the molecule is Nc1nc2cc(F)c(Br)cc2n1-c1cc(F)cc(Cl)c1. The van der Waals surface area contributed by atoms with E-state index in [1.807, 2.05) is 0 Å². The van der Waals surface area contributed by atoms with Crippen molar-refractivity contribution in [1.29, 1.82) is 0 Å². The highest BCUT2D eigenvalue weighted by molar-refractivity contribution is 9.10. The zero-order valence-corrected chi connectivity index (χ0v) is 12.2. The molecule has 20 heavy (non-hydrogen) atoms. The van der Waals surface area contributed by atoms with Gasteiger partial charge < -0.3 is 5.73 Å². The minimum absolute atomic E-state index is 0.124. The molecule has 3 nitrogen and oxygen atoms in total. The summed E-state index contributed by atoms with van der Waals surface area (Å²) in [6.07, 6.45) is 0. The van der Waals surface area contributed by atoms with Crippen molar-refractivity contribution in [3.8, 4) is 5.69 Å². The molecule has 1 heterocycles. The fraction of sp³-hybridized carbons (Fsp3) is 0. The second kappa shape index (κ2) is 4.71. The Hall–Kier alpha value is -1.66. The van der Waals surface area contributed by atoms with Crippen LogP contribution >= 0.6 is 27.5 Å². The van der Waals surface area contributed by atoms with Gasteiger partial charge in [0.25, 0.3) is 0 Å². The Kier molecular flexibility index (Phi) is 3.14. The molecular weight excluding hydrogens is 352 g/mol. The summed E-state index contributed by atoms with van der Waals surface area (Å²) >= 11 is 8.95. The van der Waals surface area contributed by atoms with E-state index in [0.29, 0.717) is 16.7 Å². The van der Waals surface area contributed by atoms with E-state index in [0.717, 1.165) is 0 Å². The zero-order valence-electron chi connectivity index (χ0n) is 9.87. The number of hydrogen-bond acceptors (Lipinski definition) is 2. The number of rotatable bonds is 1. The molecule has 102 valence electrons. The molecule has 0 radical (unpaired) electrons. The summed E-state index contributed by atoms with van der Waals surface area (Å²) in [6, 6.07) is 6.82. The normalized spacial score (nSPS) is 11.2. The fourth-order valence-corrected chi connectivity index (χ4v) is 2.58. The van der Waals surface area contributed by atoms with Gasteiger partial charge in [0.05, 0.1) is 21.2 Å². The lowest BCUT2D eigenvalue weighted by Crippen LogP contribution is -2.01. The van der Waals surface area contributed by atoms with Gasteiger partial charge in [-0.3, -0.25) is 4.57 Å². The monoisotopic (exact) mass is 357 g/mol. The predicted octanol–water partition coefficient (Wildman–Crippen LogP) is 4.30. The van der Waals surface area contributed by atoms with Crippen LogP contribution in [0.25, 0.3) is 16.7 Å². The number of halogens is 4. The number of nitrogens with zero attached hydrogens (tertiary/aromatic N) is 2. The molecule has 0 aliphatic carbocycles. The van der Waals surface area contributed by atoms with E-state index in [1.54, 1.807) is 6.07 Å². The van der Waals surface area contributed by atoms with Gasteiger partial charge in [-0.15, -0.1) is 0 Å². The summed E-state index contributed by atoms with van der Waals surface area (Å²) in [5.74, 6) is -0.812. The number of nitrogens with two attached hydrogens (primary N) is 1.